The zero-order chi connectivity index (χ0) is 39.6. The Balaban J connectivity index is 1.35. The summed E-state index contributed by atoms with van der Waals surface area (Å²) in [5.74, 6) is 0.373. The van der Waals surface area contributed by atoms with Gasteiger partial charge >= 0.3 is 11.9 Å². The van der Waals surface area contributed by atoms with Gasteiger partial charge in [0, 0.05) is 104 Å². The van der Waals surface area contributed by atoms with E-state index in [1.54, 1.807) is 38.6 Å². The largest absolute Gasteiger partial charge is 0.427 e. The molecule has 7 heterocycles. The number of aromatic amines is 4. The molecule has 8 aromatic rings. The standard InChI is InChI=1S/C48H38N6O4/c1-3-43(55)57-33-9-5-29(6-10-33)45-35-13-14-36(51-35)46(30-7-11-34(12-8-30)58-44(56)4-2)38-16-18-40(53-38)48(32-23-27-50-28-24-32)42-20-19-41(54-42)47(31-21-25-49-26-22-31)39-17-15-37(45)52-39/h5-28,51-54H,3-4H2,1-2H3. The lowest BCUT2D eigenvalue weighted by molar-refractivity contribution is -0.134. The van der Waals surface area contributed by atoms with Crippen LogP contribution >= 0.6 is 0 Å². The van der Waals surface area contributed by atoms with Crippen molar-refractivity contribution >= 4 is 34.2 Å². The van der Waals surface area contributed by atoms with Crippen LogP contribution in [0, 0.1) is 0 Å². The number of nitrogens with one attached hydrogen (secondary N) is 4. The Bertz CT molecular complexity index is 2840. The number of benzene rings is 2. The van der Waals surface area contributed by atoms with E-state index in [1.165, 1.54) is 0 Å². The monoisotopic (exact) mass is 762 g/mol. The van der Waals surface area contributed by atoms with Gasteiger partial charge in [0.2, 0.25) is 0 Å². The fraction of sp³-hybridized carbons (Fsp3) is 0.0833. The Morgan fingerprint density at radius 1 is 0.397 bits per heavy atom. The molecular formula is C48H38N6O4. The quantitative estimate of drug-likeness (QED) is 0.115. The summed E-state index contributed by atoms with van der Waals surface area (Å²) in [5, 5.41) is 3.57. The lowest BCUT2D eigenvalue weighted by Gasteiger charge is -2.10. The Labute approximate surface area is 333 Å². The molecule has 0 saturated carbocycles. The normalized spacial score (nSPS) is 12.4. The molecule has 8 bridgehead atoms. The second-order valence-electron chi connectivity index (χ2n) is 13.8. The van der Waals surface area contributed by atoms with Crippen LogP contribution in [0.4, 0.5) is 0 Å². The van der Waals surface area contributed by atoms with E-state index in [-0.39, 0.29) is 24.8 Å². The first-order valence-corrected chi connectivity index (χ1v) is 19.2. The molecule has 1 aliphatic rings. The number of aromatic nitrogens is 6. The number of H-pyrrole nitrogens is 4. The average molecular weight is 763 g/mol. The van der Waals surface area contributed by atoms with Crippen molar-refractivity contribution in [1.29, 1.82) is 0 Å². The highest BCUT2D eigenvalue weighted by Crippen LogP contribution is 2.29. The molecule has 284 valence electrons. The zero-order valence-corrected chi connectivity index (χ0v) is 31.8. The molecule has 1 aliphatic heterocycles. The third-order valence-electron chi connectivity index (χ3n) is 10.2. The Morgan fingerprint density at radius 2 is 0.690 bits per heavy atom. The van der Waals surface area contributed by atoms with Gasteiger partial charge in [0.05, 0.1) is 0 Å². The molecule has 4 N–H and O–H groups in total. The predicted molar refractivity (Wildman–Crippen MR) is 221 cm³/mol. The molecule has 0 atom stereocenters. The van der Waals surface area contributed by atoms with Crippen molar-refractivity contribution in [2.75, 3.05) is 0 Å². The first-order chi connectivity index (χ1) is 28.4. The number of rotatable bonds is 8. The van der Waals surface area contributed by atoms with E-state index < -0.39 is 0 Å². The van der Waals surface area contributed by atoms with Crippen molar-refractivity contribution in [3.05, 3.63) is 213 Å². The molecule has 0 spiro atoms. The lowest BCUT2D eigenvalue weighted by atomic mass is 10.0. The summed E-state index contributed by atoms with van der Waals surface area (Å²) in [7, 11) is 0. The van der Waals surface area contributed by atoms with Crippen molar-refractivity contribution in [3.8, 4) is 11.5 Å². The third-order valence-corrected chi connectivity index (χ3v) is 10.2. The zero-order valence-electron chi connectivity index (χ0n) is 31.8. The first kappa shape index (κ1) is 35.9. The number of nitrogens with zero attached hydrogens (tertiary/aromatic N) is 2. The number of carbonyl (C=O) groups is 2. The van der Waals surface area contributed by atoms with E-state index in [9.17, 15) is 9.59 Å². The average Bonchev–Trinajstić information content (AvgIpc) is 4.11. The maximum atomic E-state index is 12.1. The molecule has 2 aromatic carbocycles. The second-order valence-corrected chi connectivity index (χ2v) is 13.8. The van der Waals surface area contributed by atoms with Gasteiger partial charge in [-0.3, -0.25) is 19.6 Å². The van der Waals surface area contributed by atoms with Crippen LogP contribution in [0.2, 0.25) is 0 Å². The summed E-state index contributed by atoms with van der Waals surface area (Å²) in [6.07, 6.45) is 7.77. The van der Waals surface area contributed by atoms with E-state index in [1.807, 2.05) is 72.8 Å². The van der Waals surface area contributed by atoms with Gasteiger partial charge in [-0.25, -0.2) is 0 Å². The van der Waals surface area contributed by atoms with E-state index in [2.05, 4.69) is 78.4 Å². The van der Waals surface area contributed by atoms with Crippen molar-refractivity contribution in [2.45, 2.75) is 26.7 Å². The van der Waals surface area contributed by atoms with Crippen LogP contribution in [-0.2, 0) is 9.59 Å². The summed E-state index contributed by atoms with van der Waals surface area (Å²) >= 11 is 0. The van der Waals surface area contributed by atoms with Gasteiger partial charge in [-0.1, -0.05) is 38.1 Å². The number of ether oxygens (including phenoxy) is 2. The van der Waals surface area contributed by atoms with Gasteiger partial charge in [0.1, 0.15) is 11.5 Å². The van der Waals surface area contributed by atoms with E-state index in [0.29, 0.717) is 11.5 Å². The van der Waals surface area contributed by atoms with Gasteiger partial charge in [-0.2, -0.15) is 0 Å². The molecule has 9 rings (SSSR count). The van der Waals surface area contributed by atoms with Crippen LogP contribution in [0.5, 0.6) is 11.5 Å². The number of hydrogen-bond acceptors (Lipinski definition) is 6. The molecule has 10 heteroatoms. The SMILES string of the molecule is CCC(=O)Oc1ccc(C2=c3ccc([nH]3)=C(c3ccncc3)c3ccc([nH]3)C(c3ccncc3)=c3ccc([nH]3)=C(c3ccc(OC(=O)CC)cc3)c3ccc2[nH]3)cc1. The molecule has 0 unspecified atom stereocenters. The highest BCUT2D eigenvalue weighted by atomic mass is 16.5. The van der Waals surface area contributed by atoms with Crippen molar-refractivity contribution in [3.63, 3.8) is 0 Å². The summed E-state index contributed by atoms with van der Waals surface area (Å²) in [6, 6.07) is 39.9. The van der Waals surface area contributed by atoms with Crippen molar-refractivity contribution < 1.29 is 19.1 Å². The lowest BCUT2D eigenvalue weighted by Crippen LogP contribution is -2.19. The van der Waals surface area contributed by atoms with Gasteiger partial charge in [-0.05, 0) is 119 Å². The fourth-order valence-electron chi connectivity index (χ4n) is 7.40. The molecule has 0 fully saturated rings. The second kappa shape index (κ2) is 15.4. The number of carbonyl (C=O) groups excluding carboxylic acids is 2. The summed E-state index contributed by atoms with van der Waals surface area (Å²) < 4.78 is 11.1. The predicted octanol–water partition coefficient (Wildman–Crippen LogP) is 5.72. The van der Waals surface area contributed by atoms with Crippen molar-refractivity contribution in [2.24, 2.45) is 0 Å². The molecule has 6 aromatic heterocycles. The minimum Gasteiger partial charge on any atom is -0.427 e. The van der Waals surface area contributed by atoms with Gasteiger partial charge < -0.3 is 29.4 Å². The Kier molecular flexibility index (Phi) is 9.56. The molecule has 0 aliphatic carbocycles. The van der Waals surface area contributed by atoms with Crippen LogP contribution in [0.1, 0.15) is 71.7 Å². The summed E-state index contributed by atoms with van der Waals surface area (Å²) in [5.41, 5.74) is 11.2. The molecular weight excluding hydrogens is 725 g/mol. The number of pyridine rings is 2. The van der Waals surface area contributed by atoms with Gasteiger partial charge in [0.15, 0.2) is 0 Å². The number of fused-ring (bicyclic) bond motifs is 8. The molecule has 0 radical (unpaired) electrons. The summed E-state index contributed by atoms with van der Waals surface area (Å²) in [6.45, 7) is 3.55. The highest BCUT2D eigenvalue weighted by Gasteiger charge is 2.19. The molecule has 0 saturated heterocycles. The topological polar surface area (TPSA) is 142 Å². The van der Waals surface area contributed by atoms with Gasteiger partial charge in [-0.15, -0.1) is 0 Å². The smallest absolute Gasteiger partial charge is 0.310 e. The molecule has 0 amide bonds. The van der Waals surface area contributed by atoms with Crippen LogP contribution < -0.4 is 30.9 Å². The van der Waals surface area contributed by atoms with Crippen LogP contribution in [0.25, 0.3) is 22.3 Å². The molecule has 10 nitrogen and oxygen atoms in total. The first-order valence-electron chi connectivity index (χ1n) is 19.2. The molecule has 58 heavy (non-hydrogen) atoms. The Morgan fingerprint density at radius 3 is 0.983 bits per heavy atom. The Hall–Kier alpha value is -7.72. The summed E-state index contributed by atoms with van der Waals surface area (Å²) in [4.78, 5) is 47.9. The van der Waals surface area contributed by atoms with Gasteiger partial charge in [0.25, 0.3) is 0 Å². The van der Waals surface area contributed by atoms with Crippen LogP contribution in [0.15, 0.2) is 146 Å². The van der Waals surface area contributed by atoms with E-state index >= 15 is 0 Å². The van der Waals surface area contributed by atoms with Crippen molar-refractivity contribution in [1.82, 2.24) is 29.9 Å². The minimum atomic E-state index is -0.294. The maximum Gasteiger partial charge on any atom is 0.310 e. The number of hydrogen-bond donors (Lipinski definition) is 4. The van der Waals surface area contributed by atoms with Crippen LogP contribution in [-0.4, -0.2) is 41.8 Å². The maximum absolute atomic E-state index is 12.1. The highest BCUT2D eigenvalue weighted by molar-refractivity contribution is 5.85. The third kappa shape index (κ3) is 6.99. The van der Waals surface area contributed by atoms with Crippen LogP contribution in [0.3, 0.4) is 0 Å². The fourth-order valence-corrected chi connectivity index (χ4v) is 7.40. The van der Waals surface area contributed by atoms with E-state index in [0.717, 1.165) is 88.7 Å². The number of esters is 2. The minimum absolute atomic E-state index is 0.283. The van der Waals surface area contributed by atoms with E-state index in [4.69, 9.17) is 9.47 Å².